The lowest BCUT2D eigenvalue weighted by molar-refractivity contribution is -0.384. The zero-order valence-electron chi connectivity index (χ0n) is 21.5. The van der Waals surface area contributed by atoms with Gasteiger partial charge in [0.25, 0.3) is 11.6 Å². The van der Waals surface area contributed by atoms with E-state index < -0.39 is 22.8 Å². The summed E-state index contributed by atoms with van der Waals surface area (Å²) in [6.45, 7) is 0. The maximum Gasteiger partial charge on any atom is 0.271 e. The van der Waals surface area contributed by atoms with Crippen LogP contribution >= 0.6 is 11.8 Å². The summed E-state index contributed by atoms with van der Waals surface area (Å²) in [5.74, 6) is -0.664. The van der Waals surface area contributed by atoms with Crippen molar-refractivity contribution in [2.45, 2.75) is 16.9 Å². The number of anilines is 1. The van der Waals surface area contributed by atoms with Crippen molar-refractivity contribution >= 4 is 35.0 Å². The van der Waals surface area contributed by atoms with Gasteiger partial charge in [-0.2, -0.15) is 0 Å². The van der Waals surface area contributed by atoms with E-state index in [4.69, 9.17) is 14.2 Å². The van der Waals surface area contributed by atoms with Crippen molar-refractivity contribution < 1.29 is 28.7 Å². The van der Waals surface area contributed by atoms with E-state index in [0.29, 0.717) is 22.6 Å². The topological polar surface area (TPSA) is 120 Å². The van der Waals surface area contributed by atoms with Crippen molar-refractivity contribution in [2.24, 2.45) is 0 Å². The number of ether oxygens (including phenoxy) is 3. The number of amides is 2. The van der Waals surface area contributed by atoms with Crippen LogP contribution < -0.4 is 19.5 Å². The number of non-ortho nitro benzene ring substituents is 1. The minimum Gasteiger partial charge on any atom is -0.495 e. The van der Waals surface area contributed by atoms with Gasteiger partial charge in [0.1, 0.15) is 5.75 Å². The molecule has 0 saturated carbocycles. The van der Waals surface area contributed by atoms with E-state index in [2.05, 4.69) is 5.32 Å². The fraction of sp³-hybridized carbons (Fsp3) is 0.259. The quantitative estimate of drug-likeness (QED) is 0.245. The van der Waals surface area contributed by atoms with Crippen molar-refractivity contribution in [2.75, 3.05) is 39.9 Å². The number of rotatable bonds is 8. The summed E-state index contributed by atoms with van der Waals surface area (Å²) in [5, 5.41) is 14.2. The first-order valence-electron chi connectivity index (χ1n) is 11.5. The van der Waals surface area contributed by atoms with Crippen molar-refractivity contribution in [1.82, 2.24) is 4.90 Å². The molecular formula is C27H27N3O7S. The van der Waals surface area contributed by atoms with E-state index in [-0.39, 0.29) is 23.0 Å². The molecule has 1 aliphatic heterocycles. The van der Waals surface area contributed by atoms with Crippen LogP contribution in [0.1, 0.15) is 33.4 Å². The second kappa shape index (κ2) is 11.0. The third-order valence-electron chi connectivity index (χ3n) is 6.57. The Labute approximate surface area is 224 Å². The summed E-state index contributed by atoms with van der Waals surface area (Å²) < 4.78 is 16.2. The van der Waals surface area contributed by atoms with Crippen LogP contribution in [0.2, 0.25) is 0 Å². The highest BCUT2D eigenvalue weighted by Gasteiger charge is 2.44. The molecule has 0 radical (unpaired) electrons. The first-order valence-corrected chi connectivity index (χ1v) is 12.8. The van der Waals surface area contributed by atoms with E-state index in [0.717, 1.165) is 10.5 Å². The van der Waals surface area contributed by atoms with E-state index >= 15 is 0 Å². The average Bonchev–Trinajstić information content (AvgIpc) is 2.93. The number of likely N-dealkylation sites (N-methyl/N-ethyl adjacent to an activating group) is 1. The molecule has 0 saturated heterocycles. The number of nitro groups is 1. The number of methoxy groups -OCH3 is 3. The minimum atomic E-state index is -0.892. The van der Waals surface area contributed by atoms with Gasteiger partial charge in [-0.3, -0.25) is 19.7 Å². The highest BCUT2D eigenvalue weighted by atomic mass is 32.2. The number of nitro benzene ring substituents is 1. The summed E-state index contributed by atoms with van der Waals surface area (Å²) in [6.07, 6.45) is 1.96. The third kappa shape index (κ3) is 4.84. The van der Waals surface area contributed by atoms with E-state index in [9.17, 15) is 19.7 Å². The van der Waals surface area contributed by atoms with E-state index in [1.165, 1.54) is 44.4 Å². The largest absolute Gasteiger partial charge is 0.495 e. The maximum atomic E-state index is 14.0. The molecule has 0 fully saturated rings. The molecule has 0 aliphatic carbocycles. The van der Waals surface area contributed by atoms with Crippen LogP contribution in [0.5, 0.6) is 17.2 Å². The van der Waals surface area contributed by atoms with E-state index in [1.54, 1.807) is 30.9 Å². The van der Waals surface area contributed by atoms with Crippen LogP contribution in [0.4, 0.5) is 11.4 Å². The number of hydrogen-bond acceptors (Lipinski definition) is 8. The normalized spacial score (nSPS) is 16.4. The predicted molar refractivity (Wildman–Crippen MR) is 144 cm³/mol. The van der Waals surface area contributed by atoms with Gasteiger partial charge in [0.15, 0.2) is 11.5 Å². The van der Waals surface area contributed by atoms with Gasteiger partial charge in [0, 0.05) is 29.6 Å². The number of fused-ring (bicyclic) bond motifs is 1. The smallest absolute Gasteiger partial charge is 0.271 e. The number of nitrogens with one attached hydrogen (secondary N) is 1. The van der Waals surface area contributed by atoms with Crippen molar-refractivity contribution in [3.8, 4) is 17.2 Å². The maximum absolute atomic E-state index is 14.0. The van der Waals surface area contributed by atoms with Gasteiger partial charge >= 0.3 is 0 Å². The monoisotopic (exact) mass is 537 g/mol. The summed E-state index contributed by atoms with van der Waals surface area (Å²) in [4.78, 5) is 41.0. The van der Waals surface area contributed by atoms with Crippen LogP contribution in [-0.4, -0.2) is 56.3 Å². The fourth-order valence-corrected chi connectivity index (χ4v) is 5.07. The summed E-state index contributed by atoms with van der Waals surface area (Å²) in [7, 11) is 5.99. The second-order valence-corrected chi connectivity index (χ2v) is 9.42. The zero-order valence-corrected chi connectivity index (χ0v) is 22.3. The Balaban J connectivity index is 1.89. The number of thioether (sulfide) groups is 1. The van der Waals surface area contributed by atoms with Crippen LogP contribution in [-0.2, 0) is 4.79 Å². The average molecular weight is 538 g/mol. The molecule has 2 amide bonds. The molecule has 0 unspecified atom stereocenters. The predicted octanol–water partition coefficient (Wildman–Crippen LogP) is 4.89. The SMILES string of the molecule is COc1ccc([N+](=O)[O-])cc1NC(=O)[C@@H]1c2cc(OC)c(OC)cc2C(=O)N(C)[C@@H]1c1ccc(SC)cc1. The van der Waals surface area contributed by atoms with Crippen LogP contribution in [0, 0.1) is 10.1 Å². The van der Waals surface area contributed by atoms with E-state index in [1.807, 2.05) is 30.5 Å². The molecule has 4 rings (SSSR count). The second-order valence-electron chi connectivity index (χ2n) is 8.54. The Hall–Kier alpha value is -4.25. The molecule has 1 N–H and O–H groups in total. The lowest BCUT2D eigenvalue weighted by Crippen LogP contribution is -2.44. The van der Waals surface area contributed by atoms with Crippen molar-refractivity contribution in [1.29, 1.82) is 0 Å². The number of carbonyl (C=O) groups is 2. The Morgan fingerprint density at radius 3 is 2.18 bits per heavy atom. The molecule has 0 spiro atoms. The number of carbonyl (C=O) groups excluding carboxylic acids is 2. The molecule has 0 aromatic heterocycles. The van der Waals surface area contributed by atoms with Gasteiger partial charge in [-0.25, -0.2) is 0 Å². The Morgan fingerprint density at radius 2 is 1.61 bits per heavy atom. The fourth-order valence-electron chi connectivity index (χ4n) is 4.67. The van der Waals surface area contributed by atoms with Gasteiger partial charge in [-0.15, -0.1) is 11.8 Å². The number of benzene rings is 3. The number of hydrogen-bond donors (Lipinski definition) is 1. The highest BCUT2D eigenvalue weighted by molar-refractivity contribution is 7.98. The minimum absolute atomic E-state index is 0.143. The summed E-state index contributed by atoms with van der Waals surface area (Å²) >= 11 is 1.58. The van der Waals surface area contributed by atoms with Gasteiger partial charge in [-0.1, -0.05) is 12.1 Å². The molecule has 1 aliphatic rings. The first kappa shape index (κ1) is 26.8. The molecule has 3 aromatic rings. The Bertz CT molecular complexity index is 1390. The Morgan fingerprint density at radius 1 is 0.974 bits per heavy atom. The van der Waals surface area contributed by atoms with Crippen molar-refractivity contribution in [3.05, 3.63) is 81.4 Å². The van der Waals surface area contributed by atoms with Crippen LogP contribution in [0.25, 0.3) is 0 Å². The molecular weight excluding hydrogens is 510 g/mol. The van der Waals surface area contributed by atoms with Gasteiger partial charge in [0.05, 0.1) is 43.9 Å². The molecule has 3 aromatic carbocycles. The van der Waals surface area contributed by atoms with Crippen LogP contribution in [0.3, 0.4) is 0 Å². The highest BCUT2D eigenvalue weighted by Crippen LogP contribution is 2.46. The Kier molecular flexibility index (Phi) is 7.77. The lowest BCUT2D eigenvalue weighted by atomic mass is 9.79. The lowest BCUT2D eigenvalue weighted by Gasteiger charge is -2.40. The molecule has 38 heavy (non-hydrogen) atoms. The number of nitrogens with zero attached hydrogens (tertiary/aromatic N) is 2. The molecule has 1 heterocycles. The summed E-state index contributed by atoms with van der Waals surface area (Å²) in [5.41, 5.74) is 1.45. The van der Waals surface area contributed by atoms with Gasteiger partial charge in [0.2, 0.25) is 5.91 Å². The standard InChI is InChI=1S/C27H27N3O7S/c1-29-25(15-6-9-17(38-5)10-7-15)24(18-13-22(36-3)23(37-4)14-19(18)27(29)32)26(31)28-20-12-16(30(33)34)8-11-21(20)35-2/h6-14,24-25H,1-5H3,(H,28,31)/t24-,25-/m1/s1. The van der Waals surface area contributed by atoms with Gasteiger partial charge < -0.3 is 24.4 Å². The first-order chi connectivity index (χ1) is 18.2. The molecule has 2 atom stereocenters. The molecule has 10 nitrogen and oxygen atoms in total. The molecule has 198 valence electrons. The van der Waals surface area contributed by atoms with Crippen LogP contribution in [0.15, 0.2) is 59.5 Å². The molecule has 0 bridgehead atoms. The summed E-state index contributed by atoms with van der Waals surface area (Å²) in [6, 6.07) is 14.1. The van der Waals surface area contributed by atoms with Gasteiger partial charge in [-0.05, 0) is 47.7 Å². The van der Waals surface area contributed by atoms with Crippen molar-refractivity contribution in [3.63, 3.8) is 0 Å². The zero-order chi connectivity index (χ0) is 27.6. The molecule has 11 heteroatoms. The third-order valence-corrected chi connectivity index (χ3v) is 7.31.